The molecule has 0 saturated carbocycles. The van der Waals surface area contributed by atoms with Gasteiger partial charge in [0.05, 0.1) is 23.8 Å². The standard InChI is InChI=1S/C25H21F8NO.C22H14F5N.C3H3F3O/c26-20-8-6-17(7-9-20)23(13-16-4-2-1-3-5-16,15-34-14-22(35)25(31,32)33)18-10-19(24(28,29)30)12-21(27)11-18;23-19-8-6-16(7-9-19)21(14-28,13-15-4-2-1-3-5-15)17-10-18(22(25,26)27)12-20(24)11-17;4-3(5,6)2-1-7-2/h1-12,22,34-35H,13-15H2;1-12H,13H2;2H,1H2/t22-,23?;;2-/m0.0/s1. The van der Waals surface area contributed by atoms with E-state index in [2.05, 4.69) is 16.1 Å². The van der Waals surface area contributed by atoms with Crippen molar-refractivity contribution in [2.24, 2.45) is 0 Å². The minimum atomic E-state index is -4.92. The maximum absolute atomic E-state index is 14.4. The summed E-state index contributed by atoms with van der Waals surface area (Å²) >= 11 is 0. The van der Waals surface area contributed by atoms with E-state index in [4.69, 9.17) is 0 Å². The molecule has 0 bridgehead atoms. The third-order valence-electron chi connectivity index (χ3n) is 10.9. The topological polar surface area (TPSA) is 68.6 Å². The molecule has 0 aromatic heterocycles. The molecule has 1 saturated heterocycles. The lowest BCUT2D eigenvalue weighted by Crippen LogP contribution is -2.46. The Labute approximate surface area is 389 Å². The Balaban J connectivity index is 0.000000232. The number of epoxide rings is 1. The van der Waals surface area contributed by atoms with E-state index >= 15 is 0 Å². The SMILES string of the molecule is FC(F)(F)[C@@H]1CO1.N#CC(Cc1ccccc1)(c1ccc(F)cc1)c1cc(F)cc(C(F)(F)F)c1.O[C@@H](CNCC(Cc1ccccc1)(c1ccc(F)cc1)c1cc(F)cc(C(F)(F)F)c1)C(F)(F)F. The Kier molecular flexibility index (Phi) is 17.2. The summed E-state index contributed by atoms with van der Waals surface area (Å²) in [5, 5.41) is 21.9. The Hall–Kier alpha value is -6.43. The van der Waals surface area contributed by atoms with Crippen LogP contribution in [0, 0.1) is 34.6 Å². The van der Waals surface area contributed by atoms with E-state index in [1.807, 2.05) is 0 Å². The average Bonchev–Trinajstić information content (AvgIpc) is 4.16. The number of rotatable bonds is 12. The fourth-order valence-electron chi connectivity index (χ4n) is 7.33. The molecular weight excluding hydrogens is 965 g/mol. The molecule has 1 heterocycles. The van der Waals surface area contributed by atoms with Crippen LogP contribution in [-0.2, 0) is 40.8 Å². The highest BCUT2D eigenvalue weighted by atomic mass is 19.4. The number of hydrogen-bond acceptors (Lipinski definition) is 4. The average molecular weight is 1000 g/mol. The lowest BCUT2D eigenvalue weighted by atomic mass is 9.70. The van der Waals surface area contributed by atoms with Gasteiger partial charge in [0.2, 0.25) is 0 Å². The van der Waals surface area contributed by atoms with Crippen LogP contribution in [0.4, 0.5) is 70.2 Å². The van der Waals surface area contributed by atoms with Crippen molar-refractivity contribution < 1.29 is 80.1 Å². The molecule has 4 nitrogen and oxygen atoms in total. The van der Waals surface area contributed by atoms with Crippen molar-refractivity contribution >= 4 is 0 Å². The van der Waals surface area contributed by atoms with Gasteiger partial charge in [-0.25, -0.2) is 17.6 Å². The third-order valence-corrected chi connectivity index (χ3v) is 10.9. The summed E-state index contributed by atoms with van der Waals surface area (Å²) < 4.78 is 212. The van der Waals surface area contributed by atoms with Gasteiger partial charge >= 0.3 is 24.7 Å². The molecule has 6 aromatic rings. The van der Waals surface area contributed by atoms with Crippen LogP contribution in [-0.4, -0.2) is 49.4 Å². The molecule has 7 rings (SSSR count). The lowest BCUT2D eigenvalue weighted by molar-refractivity contribution is -0.201. The van der Waals surface area contributed by atoms with Crippen LogP contribution in [0.1, 0.15) is 44.5 Å². The van der Waals surface area contributed by atoms with E-state index in [1.165, 1.54) is 24.3 Å². The van der Waals surface area contributed by atoms with Crippen molar-refractivity contribution in [1.29, 1.82) is 5.26 Å². The van der Waals surface area contributed by atoms with Crippen LogP contribution in [0.3, 0.4) is 0 Å². The number of halogens is 16. The highest BCUT2D eigenvalue weighted by Gasteiger charge is 2.49. The number of alkyl halides is 12. The Bertz CT molecular complexity index is 2660. The fraction of sp³-hybridized carbons (Fsp3) is 0.260. The summed E-state index contributed by atoms with van der Waals surface area (Å²) in [6.07, 6.45) is -22.9. The van der Waals surface area contributed by atoms with Gasteiger partial charge in [-0.3, -0.25) is 0 Å². The van der Waals surface area contributed by atoms with E-state index in [-0.39, 0.29) is 41.7 Å². The molecule has 0 radical (unpaired) electrons. The zero-order valence-electron chi connectivity index (χ0n) is 35.9. The number of nitrogens with one attached hydrogen (secondary N) is 1. The molecule has 20 heteroatoms. The first-order valence-corrected chi connectivity index (χ1v) is 20.6. The van der Waals surface area contributed by atoms with Gasteiger partial charge in [0.1, 0.15) is 28.7 Å². The van der Waals surface area contributed by atoms with E-state index in [1.54, 1.807) is 60.7 Å². The lowest BCUT2D eigenvalue weighted by Gasteiger charge is -2.37. The first-order chi connectivity index (χ1) is 32.7. The molecule has 1 fully saturated rings. The van der Waals surface area contributed by atoms with Crippen molar-refractivity contribution in [3.05, 3.63) is 213 Å². The molecule has 6 aromatic carbocycles. The van der Waals surface area contributed by atoms with Crippen LogP contribution in [0.25, 0.3) is 0 Å². The minimum Gasteiger partial charge on any atom is -0.382 e. The summed E-state index contributed by atoms with van der Waals surface area (Å²) in [6.45, 7) is -1.52. The maximum Gasteiger partial charge on any atom is 0.416 e. The van der Waals surface area contributed by atoms with E-state index in [0.717, 1.165) is 48.5 Å². The molecule has 4 atom stereocenters. The van der Waals surface area contributed by atoms with Gasteiger partial charge in [0.25, 0.3) is 0 Å². The zero-order valence-corrected chi connectivity index (χ0v) is 35.9. The Morgan fingerprint density at radius 1 is 0.529 bits per heavy atom. The largest absolute Gasteiger partial charge is 0.416 e. The molecule has 1 aliphatic rings. The molecule has 0 aliphatic carbocycles. The highest BCUT2D eigenvalue weighted by molar-refractivity contribution is 5.50. The van der Waals surface area contributed by atoms with E-state index < -0.39 is 95.2 Å². The van der Waals surface area contributed by atoms with Crippen LogP contribution in [0.15, 0.2) is 146 Å². The quantitative estimate of drug-likeness (QED) is 0.0947. The van der Waals surface area contributed by atoms with Crippen molar-refractivity contribution in [2.75, 3.05) is 19.7 Å². The van der Waals surface area contributed by atoms with Crippen molar-refractivity contribution in [2.45, 2.75) is 60.6 Å². The van der Waals surface area contributed by atoms with Gasteiger partial charge in [0, 0.05) is 18.5 Å². The summed E-state index contributed by atoms with van der Waals surface area (Å²) in [7, 11) is 0. The number of nitriles is 1. The number of nitrogens with zero attached hydrogens (tertiary/aromatic N) is 1. The fourth-order valence-corrected chi connectivity index (χ4v) is 7.33. The van der Waals surface area contributed by atoms with Crippen LogP contribution in [0.5, 0.6) is 0 Å². The highest BCUT2D eigenvalue weighted by Crippen LogP contribution is 2.42. The summed E-state index contributed by atoms with van der Waals surface area (Å²) in [5.74, 6) is -3.48. The summed E-state index contributed by atoms with van der Waals surface area (Å²) in [4.78, 5) is 0. The smallest absolute Gasteiger partial charge is 0.382 e. The molecular formula is C50H38F16N2O2. The van der Waals surface area contributed by atoms with Crippen LogP contribution in [0.2, 0.25) is 0 Å². The van der Waals surface area contributed by atoms with Crippen molar-refractivity contribution in [1.82, 2.24) is 5.32 Å². The van der Waals surface area contributed by atoms with Gasteiger partial charge in [-0.2, -0.15) is 57.9 Å². The second-order valence-electron chi connectivity index (χ2n) is 15.9. The molecule has 0 amide bonds. The Morgan fingerprint density at radius 3 is 1.34 bits per heavy atom. The number of aliphatic hydroxyl groups excluding tert-OH is 1. The van der Waals surface area contributed by atoms with Crippen LogP contribution >= 0.6 is 0 Å². The van der Waals surface area contributed by atoms with Gasteiger partial charge in [-0.1, -0.05) is 84.9 Å². The molecule has 1 aliphatic heterocycles. The summed E-state index contributed by atoms with van der Waals surface area (Å²) in [6, 6.07) is 32.7. The predicted molar refractivity (Wildman–Crippen MR) is 224 cm³/mol. The first kappa shape index (κ1) is 54.5. The van der Waals surface area contributed by atoms with Gasteiger partial charge in [-0.05, 0) is 107 Å². The minimum absolute atomic E-state index is 0.00325. The second-order valence-corrected chi connectivity index (χ2v) is 15.9. The van der Waals surface area contributed by atoms with Gasteiger partial charge in [0.15, 0.2) is 12.2 Å². The maximum atomic E-state index is 14.4. The first-order valence-electron chi connectivity index (χ1n) is 20.6. The van der Waals surface area contributed by atoms with Crippen molar-refractivity contribution in [3.8, 4) is 6.07 Å². The number of hydrogen-bond donors (Lipinski definition) is 2. The monoisotopic (exact) mass is 1000 g/mol. The third kappa shape index (κ3) is 14.6. The molecule has 70 heavy (non-hydrogen) atoms. The van der Waals surface area contributed by atoms with E-state index in [0.29, 0.717) is 23.3 Å². The molecule has 2 unspecified atom stereocenters. The van der Waals surface area contributed by atoms with Gasteiger partial charge < -0.3 is 15.2 Å². The molecule has 0 spiro atoms. The number of aliphatic hydroxyl groups is 1. The predicted octanol–water partition coefficient (Wildman–Crippen LogP) is 13.0. The Morgan fingerprint density at radius 2 is 0.943 bits per heavy atom. The number of benzene rings is 6. The zero-order chi connectivity index (χ0) is 51.7. The number of ether oxygens (including phenoxy) is 1. The van der Waals surface area contributed by atoms with Crippen LogP contribution < -0.4 is 5.32 Å². The normalized spacial score (nSPS) is 16.0. The molecule has 372 valence electrons. The second kappa shape index (κ2) is 22.1. The van der Waals surface area contributed by atoms with Crippen molar-refractivity contribution in [3.63, 3.8) is 0 Å². The van der Waals surface area contributed by atoms with E-state index in [9.17, 15) is 80.6 Å². The summed E-state index contributed by atoms with van der Waals surface area (Å²) in [5.41, 5.74) is -4.17. The molecule has 2 N–H and O–H groups in total. The van der Waals surface area contributed by atoms with Gasteiger partial charge in [-0.15, -0.1) is 0 Å².